The highest BCUT2D eigenvalue weighted by molar-refractivity contribution is 7.98. The molecule has 0 nitrogen and oxygen atoms in total. The molecule has 1 rings (SSSR count). The molecule has 0 aliphatic carbocycles. The third-order valence-corrected chi connectivity index (χ3v) is 2.57. The van der Waals surface area contributed by atoms with E-state index in [1.165, 1.54) is 0 Å². The lowest BCUT2D eigenvalue weighted by molar-refractivity contribution is 1.47. The van der Waals surface area contributed by atoms with E-state index >= 15 is 0 Å². The highest BCUT2D eigenvalue weighted by atomic mass is 35.5. The Balaban J connectivity index is 3.07. The van der Waals surface area contributed by atoms with Crippen LogP contribution in [0.5, 0.6) is 0 Å². The molecule has 0 spiro atoms. The molecule has 0 saturated carbocycles. The molecule has 0 aliphatic heterocycles. The first-order valence-electron chi connectivity index (χ1n) is 2.73. The van der Waals surface area contributed by atoms with E-state index in [0.29, 0.717) is 5.02 Å². The highest BCUT2D eigenvalue weighted by Crippen LogP contribution is 2.27. The minimum absolute atomic E-state index is 0.683. The standard InChI is InChI=1S/C7H6Cl2S/c1-10-7-3-2-5(8)4-6(7)9/h2-4H,1H3. The molecule has 0 unspecified atom stereocenters. The molecule has 1 aromatic carbocycles. The Bertz CT molecular complexity index is 235. The van der Waals surface area contributed by atoms with Gasteiger partial charge in [-0.25, -0.2) is 0 Å². The molecule has 0 atom stereocenters. The van der Waals surface area contributed by atoms with E-state index in [2.05, 4.69) is 0 Å². The van der Waals surface area contributed by atoms with Crippen LogP contribution in [-0.4, -0.2) is 6.26 Å². The van der Waals surface area contributed by atoms with Crippen molar-refractivity contribution >= 4 is 35.0 Å². The summed E-state index contributed by atoms with van der Waals surface area (Å²) in [6.07, 6.45) is 1.98. The first-order chi connectivity index (χ1) is 4.74. The summed E-state index contributed by atoms with van der Waals surface area (Å²) < 4.78 is 0. The van der Waals surface area contributed by atoms with Crippen molar-refractivity contribution in [3.8, 4) is 0 Å². The molecular weight excluding hydrogens is 187 g/mol. The summed E-state index contributed by atoms with van der Waals surface area (Å²) in [7, 11) is 0. The lowest BCUT2D eigenvalue weighted by Crippen LogP contribution is -1.71. The molecule has 0 saturated heterocycles. The average Bonchev–Trinajstić information content (AvgIpc) is 1.88. The molecule has 0 aliphatic rings. The van der Waals surface area contributed by atoms with Gasteiger partial charge in [-0.2, -0.15) is 0 Å². The Morgan fingerprint density at radius 1 is 1.30 bits per heavy atom. The fourth-order valence-electron chi connectivity index (χ4n) is 0.641. The van der Waals surface area contributed by atoms with Crippen LogP contribution in [0.2, 0.25) is 10.0 Å². The van der Waals surface area contributed by atoms with Gasteiger partial charge >= 0.3 is 0 Å². The smallest absolute Gasteiger partial charge is 0.0556 e. The number of rotatable bonds is 1. The number of halogens is 2. The third kappa shape index (κ3) is 1.82. The number of thioether (sulfide) groups is 1. The van der Waals surface area contributed by atoms with Crippen molar-refractivity contribution in [2.24, 2.45) is 0 Å². The quantitative estimate of drug-likeness (QED) is 0.612. The maximum Gasteiger partial charge on any atom is 0.0556 e. The van der Waals surface area contributed by atoms with Crippen LogP contribution in [-0.2, 0) is 0 Å². The monoisotopic (exact) mass is 192 g/mol. The molecule has 1 aromatic rings. The van der Waals surface area contributed by atoms with Gasteiger partial charge in [-0.3, -0.25) is 0 Å². The topological polar surface area (TPSA) is 0 Å². The van der Waals surface area contributed by atoms with Crippen LogP contribution in [0.1, 0.15) is 0 Å². The summed E-state index contributed by atoms with van der Waals surface area (Å²) in [6, 6.07) is 5.49. The van der Waals surface area contributed by atoms with E-state index in [1.54, 1.807) is 17.8 Å². The predicted molar refractivity (Wildman–Crippen MR) is 48.2 cm³/mol. The Hall–Kier alpha value is 0.150. The van der Waals surface area contributed by atoms with Crippen molar-refractivity contribution in [3.63, 3.8) is 0 Å². The average molecular weight is 193 g/mol. The number of benzene rings is 1. The molecular formula is C7H6Cl2S. The third-order valence-electron chi connectivity index (χ3n) is 1.11. The van der Waals surface area contributed by atoms with Crippen LogP contribution in [0.3, 0.4) is 0 Å². The van der Waals surface area contributed by atoms with Gasteiger partial charge in [-0.15, -0.1) is 11.8 Å². The summed E-state index contributed by atoms with van der Waals surface area (Å²) >= 11 is 13.1. The summed E-state index contributed by atoms with van der Waals surface area (Å²) in [5.74, 6) is 0. The first-order valence-corrected chi connectivity index (χ1v) is 4.71. The molecule has 3 heteroatoms. The Labute approximate surface area is 74.5 Å². The van der Waals surface area contributed by atoms with Crippen LogP contribution < -0.4 is 0 Å². The fraction of sp³-hybridized carbons (Fsp3) is 0.143. The molecule has 0 bridgehead atoms. The predicted octanol–water partition coefficient (Wildman–Crippen LogP) is 3.72. The molecule has 0 radical (unpaired) electrons. The minimum atomic E-state index is 0.683. The maximum atomic E-state index is 5.82. The zero-order valence-corrected chi connectivity index (χ0v) is 7.72. The molecule has 0 amide bonds. The number of hydrogen-bond donors (Lipinski definition) is 0. The van der Waals surface area contributed by atoms with Crippen LogP contribution in [0.4, 0.5) is 0 Å². The number of hydrogen-bond acceptors (Lipinski definition) is 1. The minimum Gasteiger partial charge on any atom is -0.128 e. The van der Waals surface area contributed by atoms with Crippen molar-refractivity contribution < 1.29 is 0 Å². The normalized spacial score (nSPS) is 9.90. The van der Waals surface area contributed by atoms with E-state index in [9.17, 15) is 0 Å². The van der Waals surface area contributed by atoms with Gasteiger partial charge in [-0.1, -0.05) is 23.2 Å². The fourth-order valence-corrected chi connectivity index (χ4v) is 1.74. The van der Waals surface area contributed by atoms with Crippen LogP contribution in [0, 0.1) is 0 Å². The van der Waals surface area contributed by atoms with Crippen molar-refractivity contribution in [1.29, 1.82) is 0 Å². The molecule has 54 valence electrons. The maximum absolute atomic E-state index is 5.82. The molecule has 10 heavy (non-hydrogen) atoms. The van der Waals surface area contributed by atoms with Gasteiger partial charge in [-0.05, 0) is 24.5 Å². The summed E-state index contributed by atoms with van der Waals surface area (Å²) in [5, 5.41) is 1.41. The second kappa shape index (κ2) is 3.51. The van der Waals surface area contributed by atoms with Crippen LogP contribution in [0.15, 0.2) is 23.1 Å². The molecule has 0 aromatic heterocycles. The largest absolute Gasteiger partial charge is 0.128 e. The van der Waals surface area contributed by atoms with Gasteiger partial charge < -0.3 is 0 Å². The van der Waals surface area contributed by atoms with Gasteiger partial charge in [0.05, 0.1) is 5.02 Å². The molecule has 0 N–H and O–H groups in total. The van der Waals surface area contributed by atoms with E-state index in [-0.39, 0.29) is 0 Å². The van der Waals surface area contributed by atoms with Gasteiger partial charge in [0.25, 0.3) is 0 Å². The first kappa shape index (κ1) is 8.25. The van der Waals surface area contributed by atoms with E-state index in [1.807, 2.05) is 18.4 Å². The second-order valence-corrected chi connectivity index (χ2v) is 3.47. The lowest BCUT2D eigenvalue weighted by atomic mass is 10.4. The van der Waals surface area contributed by atoms with Gasteiger partial charge in [0.15, 0.2) is 0 Å². The van der Waals surface area contributed by atoms with Gasteiger partial charge in [0, 0.05) is 9.92 Å². The molecule has 0 heterocycles. The summed E-state index contributed by atoms with van der Waals surface area (Å²) in [5.41, 5.74) is 0. The van der Waals surface area contributed by atoms with Crippen molar-refractivity contribution in [2.75, 3.05) is 6.26 Å². The van der Waals surface area contributed by atoms with E-state index in [0.717, 1.165) is 9.92 Å². The van der Waals surface area contributed by atoms with Crippen LogP contribution in [0.25, 0.3) is 0 Å². The lowest BCUT2D eigenvalue weighted by Gasteiger charge is -1.98. The zero-order chi connectivity index (χ0) is 7.56. The second-order valence-electron chi connectivity index (χ2n) is 1.78. The van der Waals surface area contributed by atoms with Crippen molar-refractivity contribution in [1.82, 2.24) is 0 Å². The van der Waals surface area contributed by atoms with Gasteiger partial charge in [0.1, 0.15) is 0 Å². The Morgan fingerprint density at radius 2 is 2.00 bits per heavy atom. The van der Waals surface area contributed by atoms with E-state index in [4.69, 9.17) is 23.2 Å². The van der Waals surface area contributed by atoms with E-state index < -0.39 is 0 Å². The zero-order valence-electron chi connectivity index (χ0n) is 5.40. The summed E-state index contributed by atoms with van der Waals surface area (Å²) in [4.78, 5) is 1.06. The van der Waals surface area contributed by atoms with Gasteiger partial charge in [0.2, 0.25) is 0 Å². The summed E-state index contributed by atoms with van der Waals surface area (Å²) in [6.45, 7) is 0. The molecule has 0 fully saturated rings. The Kier molecular flexibility index (Phi) is 2.90. The van der Waals surface area contributed by atoms with Crippen molar-refractivity contribution in [2.45, 2.75) is 4.90 Å². The SMILES string of the molecule is CSc1ccc(Cl)cc1Cl. The Morgan fingerprint density at radius 3 is 2.50 bits per heavy atom. The van der Waals surface area contributed by atoms with Crippen molar-refractivity contribution in [3.05, 3.63) is 28.2 Å². The van der Waals surface area contributed by atoms with Crippen LogP contribution >= 0.6 is 35.0 Å². The highest BCUT2D eigenvalue weighted by Gasteiger charge is 1.97.